The maximum Gasteiger partial charge on any atom is 0.288 e. The first-order chi connectivity index (χ1) is 11.6. The minimum atomic E-state index is -0.462. The van der Waals surface area contributed by atoms with Crippen LogP contribution in [-0.4, -0.2) is 23.0 Å². The van der Waals surface area contributed by atoms with Crippen molar-refractivity contribution in [2.45, 2.75) is 4.90 Å². The highest BCUT2D eigenvalue weighted by Crippen LogP contribution is 2.28. The van der Waals surface area contributed by atoms with Gasteiger partial charge in [0.1, 0.15) is 23.5 Å². The van der Waals surface area contributed by atoms with E-state index in [0.717, 1.165) is 11.3 Å². The highest BCUT2D eigenvalue weighted by molar-refractivity contribution is 7.98. The molecule has 0 spiro atoms. The van der Waals surface area contributed by atoms with Gasteiger partial charge in [0.15, 0.2) is 0 Å². The van der Waals surface area contributed by atoms with Gasteiger partial charge in [0.05, 0.1) is 28.8 Å². The molecule has 0 fully saturated rings. The van der Waals surface area contributed by atoms with Crippen molar-refractivity contribution in [1.82, 2.24) is 9.61 Å². The van der Waals surface area contributed by atoms with Crippen LogP contribution in [0.4, 0.5) is 0 Å². The molecule has 0 amide bonds. The Bertz CT molecular complexity index is 1070. The van der Waals surface area contributed by atoms with Gasteiger partial charge in [0.2, 0.25) is 0 Å². The molecular formula is C17H12N4O2S. The lowest BCUT2D eigenvalue weighted by molar-refractivity contribution is 0.415. The number of hydrogen-bond donors (Lipinski definition) is 1. The summed E-state index contributed by atoms with van der Waals surface area (Å²) in [6.45, 7) is 0. The van der Waals surface area contributed by atoms with Gasteiger partial charge in [-0.1, -0.05) is 0 Å². The summed E-state index contributed by atoms with van der Waals surface area (Å²) >= 11 is 1.22. The summed E-state index contributed by atoms with van der Waals surface area (Å²) in [6, 6.07) is 13.1. The van der Waals surface area contributed by atoms with Gasteiger partial charge in [-0.15, -0.1) is 11.8 Å². The van der Waals surface area contributed by atoms with E-state index in [1.807, 2.05) is 30.3 Å². The molecule has 24 heavy (non-hydrogen) atoms. The van der Waals surface area contributed by atoms with Crippen molar-refractivity contribution in [3.05, 3.63) is 51.8 Å². The summed E-state index contributed by atoms with van der Waals surface area (Å²) in [7, 11) is 1.59. The molecule has 0 aliphatic heterocycles. The van der Waals surface area contributed by atoms with Crippen LogP contribution >= 0.6 is 11.8 Å². The Labute approximate surface area is 141 Å². The number of ether oxygens (including phenoxy) is 1. The minimum absolute atomic E-state index is 0.0281. The number of H-pyrrole nitrogens is 1. The smallest absolute Gasteiger partial charge is 0.288 e. The summed E-state index contributed by atoms with van der Waals surface area (Å²) in [5, 5.41) is 21.7. The molecule has 0 aliphatic carbocycles. The van der Waals surface area contributed by atoms with Gasteiger partial charge in [-0.05, 0) is 42.2 Å². The monoisotopic (exact) mass is 336 g/mol. The fourth-order valence-corrected chi connectivity index (χ4v) is 3.23. The van der Waals surface area contributed by atoms with Gasteiger partial charge in [0.25, 0.3) is 5.56 Å². The quantitative estimate of drug-likeness (QED) is 0.742. The summed E-state index contributed by atoms with van der Waals surface area (Å²) < 4.78 is 6.38. The first kappa shape index (κ1) is 15.7. The number of hydrogen-bond acceptors (Lipinski definition) is 5. The highest BCUT2D eigenvalue weighted by Gasteiger charge is 2.19. The zero-order valence-electron chi connectivity index (χ0n) is 13.0. The minimum Gasteiger partial charge on any atom is -0.497 e. The highest BCUT2D eigenvalue weighted by atomic mass is 32.2. The predicted molar refractivity (Wildman–Crippen MR) is 91.2 cm³/mol. The Morgan fingerprint density at radius 1 is 1.17 bits per heavy atom. The van der Waals surface area contributed by atoms with E-state index in [2.05, 4.69) is 11.2 Å². The lowest BCUT2D eigenvalue weighted by Crippen LogP contribution is -2.19. The molecule has 1 aromatic carbocycles. The van der Waals surface area contributed by atoms with E-state index in [-0.39, 0.29) is 5.56 Å². The maximum absolute atomic E-state index is 12.5. The molecule has 3 rings (SSSR count). The van der Waals surface area contributed by atoms with E-state index in [0.29, 0.717) is 21.7 Å². The van der Waals surface area contributed by atoms with Gasteiger partial charge in [-0.2, -0.15) is 10.5 Å². The topological polar surface area (TPSA) is 94.1 Å². The van der Waals surface area contributed by atoms with Crippen LogP contribution in [-0.2, 0) is 0 Å². The summed E-state index contributed by atoms with van der Waals surface area (Å²) in [4.78, 5) is 12.9. The fourth-order valence-electron chi connectivity index (χ4n) is 2.54. The molecule has 2 aromatic heterocycles. The van der Waals surface area contributed by atoms with E-state index >= 15 is 0 Å². The summed E-state index contributed by atoms with van der Waals surface area (Å²) in [5.74, 6) is 0.723. The molecule has 0 bridgehead atoms. The van der Waals surface area contributed by atoms with Gasteiger partial charge < -0.3 is 4.74 Å². The van der Waals surface area contributed by atoms with Crippen molar-refractivity contribution in [2.24, 2.45) is 0 Å². The molecule has 0 saturated heterocycles. The first-order valence-electron chi connectivity index (χ1n) is 6.95. The van der Waals surface area contributed by atoms with Gasteiger partial charge in [0, 0.05) is 0 Å². The number of rotatable bonds is 3. The molecule has 0 radical (unpaired) electrons. The number of nitrogens with zero attached hydrogens (tertiary/aromatic N) is 3. The number of thioether (sulfide) groups is 1. The number of nitriles is 2. The van der Waals surface area contributed by atoms with Crippen LogP contribution in [0.3, 0.4) is 0 Å². The number of nitrogens with one attached hydrogen (secondary N) is 1. The van der Waals surface area contributed by atoms with Crippen LogP contribution < -0.4 is 10.3 Å². The van der Waals surface area contributed by atoms with E-state index in [9.17, 15) is 15.3 Å². The molecule has 0 atom stereocenters. The second-order valence-electron chi connectivity index (χ2n) is 4.93. The van der Waals surface area contributed by atoms with Crippen molar-refractivity contribution >= 4 is 17.3 Å². The number of methoxy groups -OCH3 is 1. The summed E-state index contributed by atoms with van der Waals surface area (Å²) in [5.41, 5.74) is 1.79. The van der Waals surface area contributed by atoms with Crippen LogP contribution in [0.25, 0.3) is 16.8 Å². The Hall–Kier alpha value is -3.16. The standard InChI is InChI=1S/C17H12N4O2S/c1-23-11-5-3-10(4-6-11)14-7-15-12(8-18)16(24-2)13(9-19)17(22)21(15)20-14/h3-7,20H,1-2H3. The molecule has 6 nitrogen and oxygen atoms in total. The van der Waals surface area contributed by atoms with E-state index in [1.54, 1.807) is 19.4 Å². The Balaban J connectivity index is 2.32. The predicted octanol–water partition coefficient (Wildman–Crippen LogP) is 2.77. The second-order valence-corrected chi connectivity index (χ2v) is 5.75. The van der Waals surface area contributed by atoms with Crippen LogP contribution in [0.1, 0.15) is 11.1 Å². The number of benzene rings is 1. The van der Waals surface area contributed by atoms with Crippen molar-refractivity contribution in [3.63, 3.8) is 0 Å². The van der Waals surface area contributed by atoms with Crippen molar-refractivity contribution < 1.29 is 4.74 Å². The lowest BCUT2D eigenvalue weighted by atomic mass is 10.1. The Kier molecular flexibility index (Phi) is 4.03. The largest absolute Gasteiger partial charge is 0.497 e. The summed E-state index contributed by atoms with van der Waals surface area (Å²) in [6.07, 6.45) is 1.74. The van der Waals surface area contributed by atoms with Crippen LogP contribution in [0, 0.1) is 22.7 Å². The van der Waals surface area contributed by atoms with Crippen molar-refractivity contribution in [1.29, 1.82) is 10.5 Å². The van der Waals surface area contributed by atoms with E-state index < -0.39 is 5.56 Å². The first-order valence-corrected chi connectivity index (χ1v) is 8.17. The zero-order chi connectivity index (χ0) is 17.3. The zero-order valence-corrected chi connectivity index (χ0v) is 13.8. The Morgan fingerprint density at radius 2 is 1.83 bits per heavy atom. The van der Waals surface area contributed by atoms with E-state index in [1.165, 1.54) is 16.3 Å². The van der Waals surface area contributed by atoms with Crippen LogP contribution in [0.5, 0.6) is 5.75 Å². The fraction of sp³-hybridized carbons (Fsp3) is 0.118. The molecule has 1 N–H and O–H groups in total. The molecule has 2 heterocycles. The molecule has 0 aliphatic rings. The third kappa shape index (κ3) is 2.32. The third-order valence-corrected chi connectivity index (χ3v) is 4.53. The van der Waals surface area contributed by atoms with Gasteiger partial charge in [-0.3, -0.25) is 9.89 Å². The van der Waals surface area contributed by atoms with Crippen molar-refractivity contribution in [2.75, 3.05) is 13.4 Å². The van der Waals surface area contributed by atoms with Crippen LogP contribution in [0.15, 0.2) is 40.0 Å². The molecule has 7 heteroatoms. The number of fused-ring (bicyclic) bond motifs is 1. The van der Waals surface area contributed by atoms with E-state index in [4.69, 9.17) is 4.74 Å². The lowest BCUT2D eigenvalue weighted by Gasteiger charge is -2.04. The Morgan fingerprint density at radius 3 is 2.38 bits per heavy atom. The van der Waals surface area contributed by atoms with Crippen LogP contribution in [0.2, 0.25) is 0 Å². The molecule has 0 unspecified atom stereocenters. The third-order valence-electron chi connectivity index (χ3n) is 3.71. The van der Waals surface area contributed by atoms with Gasteiger partial charge >= 0.3 is 0 Å². The average molecular weight is 336 g/mol. The molecular weight excluding hydrogens is 324 g/mol. The number of aromatic amines is 1. The SMILES string of the molecule is COc1ccc(-c2cc3c(C#N)c(SC)c(C#N)c(=O)n3[nH]2)cc1. The average Bonchev–Trinajstić information content (AvgIpc) is 3.07. The number of aromatic nitrogens is 2. The van der Waals surface area contributed by atoms with Gasteiger partial charge in [-0.25, -0.2) is 4.52 Å². The second kappa shape index (κ2) is 6.15. The number of pyridine rings is 1. The normalized spacial score (nSPS) is 10.3. The molecule has 3 aromatic rings. The van der Waals surface area contributed by atoms with Crippen molar-refractivity contribution in [3.8, 4) is 29.1 Å². The molecule has 0 saturated carbocycles. The maximum atomic E-state index is 12.5. The molecule has 118 valence electrons.